The van der Waals surface area contributed by atoms with E-state index in [0.29, 0.717) is 5.11 Å². The average Bonchev–Trinajstić information content (AvgIpc) is 2.69. The smallest absolute Gasteiger partial charge is 0.227 e. The van der Waals surface area contributed by atoms with E-state index in [4.69, 9.17) is 17.0 Å². The molecule has 0 aliphatic carbocycles. The molecule has 0 bridgehead atoms. The fraction of sp³-hybridized carbons (Fsp3) is 0.300. The van der Waals surface area contributed by atoms with Crippen LogP contribution in [0.4, 0.5) is 11.4 Å². The van der Waals surface area contributed by atoms with Crippen LogP contribution in [0.3, 0.4) is 0 Å². The molecule has 1 aliphatic rings. The van der Waals surface area contributed by atoms with Crippen LogP contribution in [0.1, 0.15) is 12.8 Å². The number of carbonyl (C=O) groups excluding carboxylic acids is 1. The van der Waals surface area contributed by atoms with Crippen LogP contribution in [-0.4, -0.2) is 36.1 Å². The fourth-order valence-corrected chi connectivity index (χ4v) is 3.31. The molecule has 26 heavy (non-hydrogen) atoms. The van der Waals surface area contributed by atoms with E-state index in [1.165, 1.54) is 0 Å². The molecule has 3 rings (SSSR count). The van der Waals surface area contributed by atoms with E-state index in [2.05, 4.69) is 15.5 Å². The summed E-state index contributed by atoms with van der Waals surface area (Å²) in [7, 11) is 1.64. The number of thiocarbonyl (C=S) groups is 1. The highest BCUT2D eigenvalue weighted by molar-refractivity contribution is 7.80. The standard InChI is InChI=1S/C20H23N3O2S/c1-25-18-9-5-8-17(14-18)22-20(26)23-12-10-15(11-13-23)19(24)21-16-6-3-2-4-7-16/h2-9,14-15H,10-13H2,1H3,(H,21,24)(H,22,26). The number of hydrogen-bond donors (Lipinski definition) is 2. The quantitative estimate of drug-likeness (QED) is 0.804. The number of carbonyl (C=O) groups is 1. The maximum absolute atomic E-state index is 12.4. The van der Waals surface area contributed by atoms with E-state index >= 15 is 0 Å². The second-order valence-electron chi connectivity index (χ2n) is 6.28. The molecule has 0 aromatic heterocycles. The second kappa shape index (κ2) is 8.67. The molecule has 2 aromatic rings. The molecule has 1 amide bonds. The zero-order valence-electron chi connectivity index (χ0n) is 14.8. The molecule has 1 fully saturated rings. The number of nitrogens with one attached hydrogen (secondary N) is 2. The number of hydrogen-bond acceptors (Lipinski definition) is 3. The number of anilines is 2. The Morgan fingerprint density at radius 2 is 1.73 bits per heavy atom. The molecule has 6 heteroatoms. The first-order valence-corrected chi connectivity index (χ1v) is 9.12. The van der Waals surface area contributed by atoms with Crippen molar-refractivity contribution in [2.75, 3.05) is 30.8 Å². The Kier molecular flexibility index (Phi) is 6.07. The van der Waals surface area contributed by atoms with Crippen LogP contribution >= 0.6 is 12.2 Å². The first-order valence-electron chi connectivity index (χ1n) is 8.71. The van der Waals surface area contributed by atoms with Gasteiger partial charge in [-0.2, -0.15) is 0 Å². The van der Waals surface area contributed by atoms with Gasteiger partial charge in [0.25, 0.3) is 0 Å². The highest BCUT2D eigenvalue weighted by Gasteiger charge is 2.26. The summed E-state index contributed by atoms with van der Waals surface area (Å²) in [6.45, 7) is 1.53. The predicted molar refractivity (Wildman–Crippen MR) is 109 cm³/mol. The lowest BCUT2D eigenvalue weighted by Crippen LogP contribution is -2.43. The van der Waals surface area contributed by atoms with Crippen molar-refractivity contribution in [3.8, 4) is 5.75 Å². The van der Waals surface area contributed by atoms with Crippen molar-refractivity contribution >= 4 is 34.6 Å². The molecule has 0 radical (unpaired) electrons. The van der Waals surface area contributed by atoms with E-state index in [1.54, 1.807) is 7.11 Å². The first kappa shape index (κ1) is 18.2. The molecular formula is C20H23N3O2S. The Balaban J connectivity index is 1.49. The minimum atomic E-state index is 0.0195. The van der Waals surface area contributed by atoms with Crippen molar-refractivity contribution in [1.29, 1.82) is 0 Å². The lowest BCUT2D eigenvalue weighted by atomic mass is 9.96. The minimum absolute atomic E-state index is 0.0195. The Labute approximate surface area is 159 Å². The highest BCUT2D eigenvalue weighted by Crippen LogP contribution is 2.21. The van der Waals surface area contributed by atoms with Crippen molar-refractivity contribution in [3.05, 3.63) is 54.6 Å². The molecule has 1 aliphatic heterocycles. The molecule has 0 atom stereocenters. The Morgan fingerprint density at radius 3 is 2.42 bits per heavy atom. The third kappa shape index (κ3) is 4.73. The van der Waals surface area contributed by atoms with Crippen LogP contribution in [0.15, 0.2) is 54.6 Å². The molecule has 0 saturated carbocycles. The van der Waals surface area contributed by atoms with Gasteiger partial charge in [0, 0.05) is 36.4 Å². The second-order valence-corrected chi connectivity index (χ2v) is 6.67. The summed E-state index contributed by atoms with van der Waals surface area (Å²) < 4.78 is 5.23. The van der Waals surface area contributed by atoms with Gasteiger partial charge in [0.05, 0.1) is 7.11 Å². The number of ether oxygens (including phenoxy) is 1. The lowest BCUT2D eigenvalue weighted by molar-refractivity contribution is -0.120. The first-order chi connectivity index (χ1) is 12.7. The zero-order chi connectivity index (χ0) is 18.4. The van der Waals surface area contributed by atoms with Crippen LogP contribution in [0.25, 0.3) is 0 Å². The van der Waals surface area contributed by atoms with E-state index in [1.807, 2.05) is 54.6 Å². The van der Waals surface area contributed by atoms with E-state index in [0.717, 1.165) is 43.1 Å². The fourth-order valence-electron chi connectivity index (χ4n) is 3.01. The van der Waals surface area contributed by atoms with Crippen LogP contribution in [0, 0.1) is 5.92 Å². The summed E-state index contributed by atoms with van der Waals surface area (Å²) >= 11 is 5.52. The largest absolute Gasteiger partial charge is 0.497 e. The lowest BCUT2D eigenvalue weighted by Gasteiger charge is -2.33. The van der Waals surface area contributed by atoms with E-state index < -0.39 is 0 Å². The minimum Gasteiger partial charge on any atom is -0.497 e. The molecule has 5 nitrogen and oxygen atoms in total. The third-order valence-corrected chi connectivity index (χ3v) is 4.88. The number of rotatable bonds is 4. The van der Waals surface area contributed by atoms with Gasteiger partial charge >= 0.3 is 0 Å². The summed E-state index contributed by atoms with van der Waals surface area (Å²) in [5, 5.41) is 6.92. The van der Waals surface area contributed by atoms with Gasteiger partial charge in [-0.25, -0.2) is 0 Å². The molecule has 2 aromatic carbocycles. The van der Waals surface area contributed by atoms with Crippen LogP contribution < -0.4 is 15.4 Å². The SMILES string of the molecule is COc1cccc(NC(=S)N2CCC(C(=O)Nc3ccccc3)CC2)c1. The van der Waals surface area contributed by atoms with Gasteiger partial charge in [-0.3, -0.25) is 4.79 Å². The summed E-state index contributed by atoms with van der Waals surface area (Å²) in [4.78, 5) is 14.5. The molecular weight excluding hydrogens is 346 g/mol. The molecule has 0 unspecified atom stereocenters. The Morgan fingerprint density at radius 1 is 1.04 bits per heavy atom. The maximum Gasteiger partial charge on any atom is 0.227 e. The Hall–Kier alpha value is -2.60. The third-order valence-electron chi connectivity index (χ3n) is 4.52. The topological polar surface area (TPSA) is 53.6 Å². The molecule has 0 spiro atoms. The van der Waals surface area contributed by atoms with Gasteiger partial charge in [-0.1, -0.05) is 24.3 Å². The number of nitrogens with zero attached hydrogens (tertiary/aromatic N) is 1. The number of piperidine rings is 1. The summed E-state index contributed by atoms with van der Waals surface area (Å²) in [6.07, 6.45) is 1.58. The number of amides is 1. The van der Waals surface area contributed by atoms with Crippen LogP contribution in [0.2, 0.25) is 0 Å². The van der Waals surface area contributed by atoms with Gasteiger partial charge in [0.2, 0.25) is 5.91 Å². The molecule has 2 N–H and O–H groups in total. The monoisotopic (exact) mass is 369 g/mol. The van der Waals surface area contributed by atoms with Crippen LogP contribution in [0.5, 0.6) is 5.75 Å². The number of benzene rings is 2. The van der Waals surface area contributed by atoms with Crippen molar-refractivity contribution in [2.24, 2.45) is 5.92 Å². The van der Waals surface area contributed by atoms with Gasteiger partial charge in [0.15, 0.2) is 5.11 Å². The summed E-state index contributed by atoms with van der Waals surface area (Å²) in [6, 6.07) is 17.3. The average molecular weight is 369 g/mol. The van der Waals surface area contributed by atoms with Gasteiger partial charge in [0.1, 0.15) is 5.75 Å². The summed E-state index contributed by atoms with van der Waals surface area (Å²) in [5.74, 6) is 0.891. The van der Waals surface area contributed by atoms with Crippen molar-refractivity contribution in [3.63, 3.8) is 0 Å². The highest BCUT2D eigenvalue weighted by atomic mass is 32.1. The van der Waals surface area contributed by atoms with Gasteiger partial charge < -0.3 is 20.3 Å². The molecule has 1 saturated heterocycles. The normalized spacial score (nSPS) is 14.6. The zero-order valence-corrected chi connectivity index (χ0v) is 15.6. The van der Waals surface area contributed by atoms with Gasteiger partial charge in [-0.05, 0) is 49.3 Å². The van der Waals surface area contributed by atoms with Gasteiger partial charge in [-0.15, -0.1) is 0 Å². The number of para-hydroxylation sites is 1. The molecule has 1 heterocycles. The van der Waals surface area contributed by atoms with Crippen molar-refractivity contribution in [1.82, 2.24) is 4.90 Å². The maximum atomic E-state index is 12.4. The predicted octanol–water partition coefficient (Wildman–Crippen LogP) is 3.74. The van der Waals surface area contributed by atoms with Crippen LogP contribution in [-0.2, 0) is 4.79 Å². The van der Waals surface area contributed by atoms with E-state index in [9.17, 15) is 4.79 Å². The summed E-state index contributed by atoms with van der Waals surface area (Å²) in [5.41, 5.74) is 1.74. The Bertz CT molecular complexity index is 759. The van der Waals surface area contributed by atoms with Crippen molar-refractivity contribution < 1.29 is 9.53 Å². The number of methoxy groups -OCH3 is 1. The van der Waals surface area contributed by atoms with E-state index in [-0.39, 0.29) is 11.8 Å². The van der Waals surface area contributed by atoms with Crippen molar-refractivity contribution in [2.45, 2.75) is 12.8 Å². The molecule has 136 valence electrons. The number of likely N-dealkylation sites (tertiary alicyclic amines) is 1.